The highest BCUT2D eigenvalue weighted by Crippen LogP contribution is 2.37. The molecule has 1 aliphatic heterocycles. The van der Waals surface area contributed by atoms with Gasteiger partial charge in [-0.25, -0.2) is 4.52 Å². The van der Waals surface area contributed by atoms with E-state index < -0.39 is 12.1 Å². The summed E-state index contributed by atoms with van der Waals surface area (Å²) in [6, 6.07) is 5.81. The summed E-state index contributed by atoms with van der Waals surface area (Å²) in [5, 5.41) is 15.3. The van der Waals surface area contributed by atoms with Crippen LogP contribution in [0.1, 0.15) is 59.7 Å². The molecule has 4 aromatic heterocycles. The summed E-state index contributed by atoms with van der Waals surface area (Å²) in [4.78, 5) is 4.54. The summed E-state index contributed by atoms with van der Waals surface area (Å²) in [5.41, 5.74) is 5.67. The third-order valence-corrected chi connectivity index (χ3v) is 7.20. The standard InChI is InChI=1S/C28H30F3N7/c1-17(21-7-10-37-27(12-21)26(15-35-37)18(2)28(29,30)31)25-11-22(13-33-20(25)4)19(3)36-23-14-34-38(16-23)24-5-8-32-9-6-24/h7,10-16,18,24,32,36H,1,3,5-6,8-9H2,2,4H3. The van der Waals surface area contributed by atoms with Gasteiger partial charge in [-0.2, -0.15) is 23.4 Å². The summed E-state index contributed by atoms with van der Waals surface area (Å²) in [6.07, 6.45) is 6.16. The van der Waals surface area contributed by atoms with Crippen molar-refractivity contribution >= 4 is 22.5 Å². The third kappa shape index (κ3) is 5.08. The molecule has 1 fully saturated rings. The van der Waals surface area contributed by atoms with Gasteiger partial charge in [0.25, 0.3) is 0 Å². The SMILES string of the molecule is C=C(Nc1cnn(C2CCNCC2)c1)c1cnc(C)c(C(=C)c2ccn3ncc(C(C)C(F)(F)F)c3c2)c1. The Hall–Kier alpha value is -3.92. The number of aromatic nitrogens is 5. The number of anilines is 1. The van der Waals surface area contributed by atoms with Gasteiger partial charge in [-0.3, -0.25) is 9.67 Å². The van der Waals surface area contributed by atoms with Crippen molar-refractivity contribution in [1.82, 2.24) is 29.7 Å². The van der Waals surface area contributed by atoms with Crippen LogP contribution < -0.4 is 10.6 Å². The number of piperidine rings is 1. The van der Waals surface area contributed by atoms with Crippen molar-refractivity contribution in [3.05, 3.63) is 90.3 Å². The lowest BCUT2D eigenvalue weighted by molar-refractivity contribution is -0.146. The molecule has 5 rings (SSSR count). The molecule has 1 saturated heterocycles. The molecular formula is C28H30F3N7. The van der Waals surface area contributed by atoms with Gasteiger partial charge in [0.15, 0.2) is 0 Å². The normalized spacial score (nSPS) is 15.5. The van der Waals surface area contributed by atoms with E-state index >= 15 is 0 Å². The van der Waals surface area contributed by atoms with Crippen LogP contribution in [0.4, 0.5) is 18.9 Å². The van der Waals surface area contributed by atoms with Gasteiger partial charge in [0, 0.05) is 46.7 Å². The van der Waals surface area contributed by atoms with Crippen LogP contribution in [0.15, 0.2) is 62.3 Å². The van der Waals surface area contributed by atoms with E-state index in [0.29, 0.717) is 28.4 Å². The molecule has 1 unspecified atom stereocenters. The maximum absolute atomic E-state index is 13.4. The minimum absolute atomic E-state index is 0.123. The Kier molecular flexibility index (Phi) is 6.83. The number of fused-ring (bicyclic) bond motifs is 1. The van der Waals surface area contributed by atoms with Crippen molar-refractivity contribution in [2.45, 2.75) is 44.8 Å². The molecule has 0 aromatic carbocycles. The van der Waals surface area contributed by atoms with E-state index in [-0.39, 0.29) is 5.56 Å². The van der Waals surface area contributed by atoms with Crippen LogP contribution in [0.3, 0.4) is 0 Å². The number of hydrogen-bond donors (Lipinski definition) is 2. The quantitative estimate of drug-likeness (QED) is 0.314. The molecular weight excluding hydrogens is 491 g/mol. The molecule has 1 atom stereocenters. The van der Waals surface area contributed by atoms with Gasteiger partial charge < -0.3 is 10.6 Å². The fourth-order valence-corrected chi connectivity index (χ4v) is 4.78. The zero-order chi connectivity index (χ0) is 27.0. The predicted octanol–water partition coefficient (Wildman–Crippen LogP) is 5.97. The second kappa shape index (κ2) is 10.1. The van der Waals surface area contributed by atoms with Gasteiger partial charge in [0.05, 0.1) is 35.6 Å². The lowest BCUT2D eigenvalue weighted by Crippen LogP contribution is -2.29. The van der Waals surface area contributed by atoms with Crippen molar-refractivity contribution in [1.29, 1.82) is 0 Å². The number of alkyl halides is 3. The van der Waals surface area contributed by atoms with Crippen LogP contribution in [0.25, 0.3) is 16.8 Å². The number of rotatable bonds is 7. The van der Waals surface area contributed by atoms with Gasteiger partial charge in [0.1, 0.15) is 0 Å². The van der Waals surface area contributed by atoms with Gasteiger partial charge >= 0.3 is 6.18 Å². The van der Waals surface area contributed by atoms with Crippen LogP contribution in [-0.4, -0.2) is 43.6 Å². The molecule has 198 valence electrons. The van der Waals surface area contributed by atoms with Crippen LogP contribution in [0, 0.1) is 6.92 Å². The van der Waals surface area contributed by atoms with Gasteiger partial charge in [-0.1, -0.05) is 13.2 Å². The first-order valence-corrected chi connectivity index (χ1v) is 12.5. The second-order valence-electron chi connectivity index (χ2n) is 9.74. The van der Waals surface area contributed by atoms with Crippen LogP contribution in [0.2, 0.25) is 0 Å². The molecule has 38 heavy (non-hydrogen) atoms. The highest BCUT2D eigenvalue weighted by Gasteiger charge is 2.38. The average Bonchev–Trinajstić information content (AvgIpc) is 3.55. The first-order chi connectivity index (χ1) is 18.1. The van der Waals surface area contributed by atoms with E-state index in [1.54, 1.807) is 30.7 Å². The Labute approximate surface area is 219 Å². The van der Waals surface area contributed by atoms with E-state index in [4.69, 9.17) is 0 Å². The largest absolute Gasteiger partial charge is 0.395 e. The molecule has 2 N–H and O–H groups in total. The number of hydrogen-bond acceptors (Lipinski definition) is 5. The number of aryl methyl sites for hydroxylation is 1. The van der Waals surface area contributed by atoms with Crippen molar-refractivity contribution in [2.24, 2.45) is 0 Å². The Morgan fingerprint density at radius 1 is 1.11 bits per heavy atom. The number of halogens is 3. The molecule has 10 heteroatoms. The lowest BCUT2D eigenvalue weighted by Gasteiger charge is -2.22. The van der Waals surface area contributed by atoms with Gasteiger partial charge in [0.2, 0.25) is 0 Å². The molecule has 0 radical (unpaired) electrons. The van der Waals surface area contributed by atoms with Crippen LogP contribution >= 0.6 is 0 Å². The van der Waals surface area contributed by atoms with Crippen molar-refractivity contribution in [3.63, 3.8) is 0 Å². The van der Waals surface area contributed by atoms with E-state index in [0.717, 1.165) is 55.4 Å². The molecule has 5 heterocycles. The molecule has 4 aromatic rings. The highest BCUT2D eigenvalue weighted by atomic mass is 19.4. The Morgan fingerprint density at radius 3 is 2.61 bits per heavy atom. The summed E-state index contributed by atoms with van der Waals surface area (Å²) >= 11 is 0. The smallest absolute Gasteiger partial charge is 0.353 e. The molecule has 0 aliphatic carbocycles. The highest BCUT2D eigenvalue weighted by molar-refractivity contribution is 5.84. The van der Waals surface area contributed by atoms with Gasteiger partial charge in [-0.05, 0) is 69.1 Å². The summed E-state index contributed by atoms with van der Waals surface area (Å²) in [5.74, 6) is -1.64. The zero-order valence-corrected chi connectivity index (χ0v) is 21.4. The van der Waals surface area contributed by atoms with Crippen LogP contribution in [0.5, 0.6) is 0 Å². The first-order valence-electron chi connectivity index (χ1n) is 12.5. The van der Waals surface area contributed by atoms with Crippen LogP contribution in [-0.2, 0) is 0 Å². The fraction of sp³-hybridized carbons (Fsp3) is 0.321. The van der Waals surface area contributed by atoms with Crippen molar-refractivity contribution in [2.75, 3.05) is 18.4 Å². The van der Waals surface area contributed by atoms with E-state index in [2.05, 4.69) is 39.0 Å². The van der Waals surface area contributed by atoms with Crippen molar-refractivity contribution in [3.8, 4) is 0 Å². The number of nitrogens with one attached hydrogen (secondary N) is 2. The molecule has 0 saturated carbocycles. The zero-order valence-electron chi connectivity index (χ0n) is 21.4. The minimum Gasteiger partial charge on any atom is -0.353 e. The second-order valence-corrected chi connectivity index (χ2v) is 9.74. The Morgan fingerprint density at radius 2 is 1.87 bits per heavy atom. The monoisotopic (exact) mass is 521 g/mol. The predicted molar refractivity (Wildman–Crippen MR) is 143 cm³/mol. The molecule has 0 amide bonds. The lowest BCUT2D eigenvalue weighted by atomic mass is 9.95. The summed E-state index contributed by atoms with van der Waals surface area (Å²) < 4.78 is 43.7. The maximum Gasteiger partial charge on any atom is 0.395 e. The molecule has 7 nitrogen and oxygen atoms in total. The number of nitrogens with zero attached hydrogens (tertiary/aromatic N) is 5. The van der Waals surface area contributed by atoms with E-state index in [1.807, 2.05) is 23.9 Å². The van der Waals surface area contributed by atoms with Gasteiger partial charge in [-0.15, -0.1) is 0 Å². The third-order valence-electron chi connectivity index (χ3n) is 7.20. The molecule has 0 spiro atoms. The molecule has 0 bridgehead atoms. The first kappa shape index (κ1) is 25.7. The number of pyridine rings is 2. The van der Waals surface area contributed by atoms with E-state index in [1.165, 1.54) is 10.7 Å². The Bertz CT molecular complexity index is 1490. The van der Waals surface area contributed by atoms with E-state index in [9.17, 15) is 13.2 Å². The summed E-state index contributed by atoms with van der Waals surface area (Å²) in [6.45, 7) is 13.4. The Balaban J connectivity index is 1.38. The molecule has 1 aliphatic rings. The average molecular weight is 522 g/mol. The fourth-order valence-electron chi connectivity index (χ4n) is 4.78. The summed E-state index contributed by atoms with van der Waals surface area (Å²) in [7, 11) is 0. The maximum atomic E-state index is 13.4. The minimum atomic E-state index is -4.36. The van der Waals surface area contributed by atoms with Crippen molar-refractivity contribution < 1.29 is 13.2 Å². The topological polar surface area (TPSA) is 72.1 Å².